The second-order valence-electron chi connectivity index (χ2n) is 3.21. The Hall–Kier alpha value is -2.24. The van der Waals surface area contributed by atoms with Gasteiger partial charge in [0.15, 0.2) is 12.3 Å². The Balaban J connectivity index is 2.42. The van der Waals surface area contributed by atoms with Gasteiger partial charge in [-0.25, -0.2) is 9.78 Å². The molecular formula is C11H13N3O3. The van der Waals surface area contributed by atoms with Crippen LogP contribution < -0.4 is 5.32 Å². The second kappa shape index (κ2) is 6.37. The molecule has 0 atom stereocenters. The first kappa shape index (κ1) is 12.8. The highest BCUT2D eigenvalue weighted by molar-refractivity contribution is 5.89. The van der Waals surface area contributed by atoms with Gasteiger partial charge in [-0.15, -0.1) is 6.58 Å². The van der Waals surface area contributed by atoms with E-state index in [9.17, 15) is 9.59 Å². The van der Waals surface area contributed by atoms with E-state index in [0.717, 1.165) is 0 Å². The lowest BCUT2D eigenvalue weighted by molar-refractivity contribution is -0.124. The van der Waals surface area contributed by atoms with Crippen molar-refractivity contribution in [2.45, 2.75) is 6.92 Å². The van der Waals surface area contributed by atoms with Crippen molar-refractivity contribution >= 4 is 11.9 Å². The van der Waals surface area contributed by atoms with Gasteiger partial charge in [0.2, 0.25) is 0 Å². The Bertz CT molecular complexity index is 414. The summed E-state index contributed by atoms with van der Waals surface area (Å²) in [5.41, 5.74) is 0.775. The summed E-state index contributed by atoms with van der Waals surface area (Å²) in [6.07, 6.45) is 4.29. The number of rotatable bonds is 5. The lowest BCUT2D eigenvalue weighted by atomic mass is 10.4. The molecule has 0 aliphatic carbocycles. The summed E-state index contributed by atoms with van der Waals surface area (Å²) in [6.45, 7) is 5.19. The van der Waals surface area contributed by atoms with E-state index >= 15 is 0 Å². The van der Waals surface area contributed by atoms with E-state index < -0.39 is 11.9 Å². The van der Waals surface area contributed by atoms with Gasteiger partial charge in [0.1, 0.15) is 0 Å². The van der Waals surface area contributed by atoms with Crippen molar-refractivity contribution < 1.29 is 14.3 Å². The minimum absolute atomic E-state index is 0.0760. The second-order valence-corrected chi connectivity index (χ2v) is 3.21. The van der Waals surface area contributed by atoms with Crippen LogP contribution >= 0.6 is 0 Å². The van der Waals surface area contributed by atoms with Crippen molar-refractivity contribution in [2.24, 2.45) is 0 Å². The van der Waals surface area contributed by atoms with Gasteiger partial charge in [0.25, 0.3) is 5.91 Å². The average Bonchev–Trinajstić information content (AvgIpc) is 2.34. The Kier molecular flexibility index (Phi) is 4.80. The third kappa shape index (κ3) is 4.42. The van der Waals surface area contributed by atoms with Crippen LogP contribution in [0, 0.1) is 6.92 Å². The van der Waals surface area contributed by atoms with E-state index in [4.69, 9.17) is 4.74 Å². The summed E-state index contributed by atoms with van der Waals surface area (Å²) >= 11 is 0. The molecule has 17 heavy (non-hydrogen) atoms. The minimum Gasteiger partial charge on any atom is -0.451 e. The summed E-state index contributed by atoms with van der Waals surface area (Å²) in [4.78, 5) is 30.3. The highest BCUT2D eigenvalue weighted by Gasteiger charge is 2.11. The lowest BCUT2D eigenvalue weighted by Gasteiger charge is -2.04. The molecule has 6 nitrogen and oxygen atoms in total. The smallest absolute Gasteiger partial charge is 0.359 e. The summed E-state index contributed by atoms with van der Waals surface area (Å²) in [5, 5.41) is 2.48. The number of nitrogens with one attached hydrogen (secondary N) is 1. The molecule has 90 valence electrons. The quantitative estimate of drug-likeness (QED) is 0.584. The van der Waals surface area contributed by atoms with Gasteiger partial charge in [-0.2, -0.15) is 0 Å². The summed E-state index contributed by atoms with van der Waals surface area (Å²) in [7, 11) is 0. The third-order valence-electron chi connectivity index (χ3n) is 1.77. The molecule has 0 aliphatic heterocycles. The van der Waals surface area contributed by atoms with Gasteiger partial charge in [0.05, 0.1) is 11.9 Å². The number of aromatic nitrogens is 2. The molecule has 6 heteroatoms. The Morgan fingerprint density at radius 2 is 2.24 bits per heavy atom. The van der Waals surface area contributed by atoms with Gasteiger partial charge in [-0.3, -0.25) is 9.78 Å². The molecule has 0 bridgehead atoms. The number of nitrogens with zero attached hydrogens (tertiary/aromatic N) is 2. The maximum absolute atomic E-state index is 11.4. The van der Waals surface area contributed by atoms with Crippen molar-refractivity contribution in [2.75, 3.05) is 13.2 Å². The Morgan fingerprint density at radius 1 is 1.47 bits per heavy atom. The largest absolute Gasteiger partial charge is 0.451 e. The van der Waals surface area contributed by atoms with E-state index in [1.807, 2.05) is 0 Å². The number of carbonyl (C=O) groups is 2. The molecule has 0 fully saturated rings. The molecule has 1 aromatic heterocycles. The number of aryl methyl sites for hydroxylation is 1. The molecule has 0 saturated heterocycles. The SMILES string of the molecule is C=CCNC(=O)COC(=O)c1cnc(C)cn1. The number of ether oxygens (including phenoxy) is 1. The molecule has 0 aliphatic rings. The first-order valence-electron chi connectivity index (χ1n) is 4.97. The molecule has 1 N–H and O–H groups in total. The van der Waals surface area contributed by atoms with Crippen LogP contribution in [0.15, 0.2) is 25.0 Å². The number of amides is 1. The summed E-state index contributed by atoms with van der Waals surface area (Å²) in [6, 6.07) is 0. The van der Waals surface area contributed by atoms with Crippen molar-refractivity contribution in [1.82, 2.24) is 15.3 Å². The van der Waals surface area contributed by atoms with E-state index in [2.05, 4.69) is 21.9 Å². The Morgan fingerprint density at radius 3 is 2.82 bits per heavy atom. The lowest BCUT2D eigenvalue weighted by Crippen LogP contribution is -2.28. The highest BCUT2D eigenvalue weighted by Crippen LogP contribution is 1.96. The number of hydrogen-bond acceptors (Lipinski definition) is 5. The van der Waals surface area contributed by atoms with Crippen LogP contribution in [0.25, 0.3) is 0 Å². The normalized spacial score (nSPS) is 9.47. The Labute approximate surface area is 98.7 Å². The summed E-state index contributed by atoms with van der Waals surface area (Å²) < 4.78 is 4.74. The zero-order valence-electron chi connectivity index (χ0n) is 9.47. The van der Waals surface area contributed by atoms with Crippen LogP contribution in [0.5, 0.6) is 0 Å². The van der Waals surface area contributed by atoms with Crippen LogP contribution in [0.3, 0.4) is 0 Å². The molecular weight excluding hydrogens is 222 g/mol. The van der Waals surface area contributed by atoms with E-state index in [1.165, 1.54) is 18.5 Å². The monoisotopic (exact) mass is 235 g/mol. The number of carbonyl (C=O) groups excluding carboxylic acids is 2. The molecule has 0 aromatic carbocycles. The number of hydrogen-bond donors (Lipinski definition) is 1. The minimum atomic E-state index is -0.675. The van der Waals surface area contributed by atoms with Crippen molar-refractivity contribution in [1.29, 1.82) is 0 Å². The fourth-order valence-corrected chi connectivity index (χ4v) is 0.940. The topological polar surface area (TPSA) is 81.2 Å². The zero-order valence-corrected chi connectivity index (χ0v) is 9.47. The molecule has 1 heterocycles. The molecule has 0 saturated carbocycles. The fourth-order valence-electron chi connectivity index (χ4n) is 0.940. The first-order chi connectivity index (χ1) is 8.13. The maximum atomic E-state index is 11.4. The van der Waals surface area contributed by atoms with Crippen LogP contribution in [0.1, 0.15) is 16.2 Å². The molecule has 1 aromatic rings. The van der Waals surface area contributed by atoms with Crippen molar-refractivity contribution in [3.63, 3.8) is 0 Å². The molecule has 0 radical (unpaired) electrons. The highest BCUT2D eigenvalue weighted by atomic mass is 16.5. The van der Waals surface area contributed by atoms with E-state index in [1.54, 1.807) is 6.92 Å². The van der Waals surface area contributed by atoms with E-state index in [0.29, 0.717) is 12.2 Å². The van der Waals surface area contributed by atoms with E-state index in [-0.39, 0.29) is 12.3 Å². The van der Waals surface area contributed by atoms with Crippen LogP contribution in [0.4, 0.5) is 0 Å². The van der Waals surface area contributed by atoms with Gasteiger partial charge in [-0.1, -0.05) is 6.08 Å². The predicted molar refractivity (Wildman–Crippen MR) is 60.3 cm³/mol. The van der Waals surface area contributed by atoms with Gasteiger partial charge < -0.3 is 10.1 Å². The molecule has 1 rings (SSSR count). The zero-order chi connectivity index (χ0) is 12.7. The molecule has 0 unspecified atom stereocenters. The van der Waals surface area contributed by atoms with Gasteiger partial charge in [-0.05, 0) is 6.92 Å². The number of esters is 1. The standard InChI is InChI=1S/C11H13N3O3/c1-3-4-12-10(15)7-17-11(16)9-6-13-8(2)5-14-9/h3,5-6H,1,4,7H2,2H3,(H,12,15). The third-order valence-corrected chi connectivity index (χ3v) is 1.77. The van der Waals surface area contributed by atoms with Crippen molar-refractivity contribution in [3.8, 4) is 0 Å². The van der Waals surface area contributed by atoms with Crippen LogP contribution in [-0.4, -0.2) is 35.0 Å². The first-order valence-corrected chi connectivity index (χ1v) is 4.97. The maximum Gasteiger partial charge on any atom is 0.359 e. The van der Waals surface area contributed by atoms with Crippen LogP contribution in [0.2, 0.25) is 0 Å². The van der Waals surface area contributed by atoms with Crippen LogP contribution in [-0.2, 0) is 9.53 Å². The fraction of sp³-hybridized carbons (Fsp3) is 0.273. The predicted octanol–water partition coefficient (Wildman–Crippen LogP) is 0.244. The summed E-state index contributed by atoms with van der Waals surface area (Å²) in [5.74, 6) is -1.07. The van der Waals surface area contributed by atoms with Crippen molar-refractivity contribution in [3.05, 3.63) is 36.4 Å². The molecule has 0 spiro atoms. The average molecular weight is 235 g/mol. The van der Waals surface area contributed by atoms with Gasteiger partial charge in [0, 0.05) is 12.7 Å². The van der Waals surface area contributed by atoms with Gasteiger partial charge >= 0.3 is 5.97 Å². The molecule has 1 amide bonds.